The fraction of sp³-hybridized carbons (Fsp3) is 0.333. The Morgan fingerprint density at radius 3 is 2.79 bits per heavy atom. The van der Waals surface area contributed by atoms with Crippen LogP contribution in [0.3, 0.4) is 0 Å². The van der Waals surface area contributed by atoms with Gasteiger partial charge < -0.3 is 10.5 Å². The van der Waals surface area contributed by atoms with Crippen molar-refractivity contribution in [3.63, 3.8) is 0 Å². The van der Waals surface area contributed by atoms with Crippen LogP contribution in [0.2, 0.25) is 0 Å². The van der Waals surface area contributed by atoms with Gasteiger partial charge in [0.25, 0.3) is 0 Å². The van der Waals surface area contributed by atoms with E-state index >= 15 is 0 Å². The van der Waals surface area contributed by atoms with Crippen molar-refractivity contribution in [3.8, 4) is 11.6 Å². The molecule has 0 spiro atoms. The van der Waals surface area contributed by atoms with Gasteiger partial charge in [-0.1, -0.05) is 32.0 Å². The number of hydrogen-bond acceptors (Lipinski definition) is 4. The van der Waals surface area contributed by atoms with Crippen molar-refractivity contribution in [2.45, 2.75) is 32.7 Å². The van der Waals surface area contributed by atoms with Crippen LogP contribution in [0.25, 0.3) is 0 Å². The lowest BCUT2D eigenvalue weighted by Crippen LogP contribution is -2.03. The summed E-state index contributed by atoms with van der Waals surface area (Å²) in [7, 11) is 0. The van der Waals surface area contributed by atoms with Crippen LogP contribution in [0.4, 0.5) is 0 Å². The fourth-order valence-electron chi connectivity index (χ4n) is 1.89. The summed E-state index contributed by atoms with van der Waals surface area (Å²) in [6.07, 6.45) is 2.68. The van der Waals surface area contributed by atoms with Crippen molar-refractivity contribution in [2.75, 3.05) is 0 Å². The molecular formula is C15H19N3O. The van der Waals surface area contributed by atoms with E-state index in [0.717, 1.165) is 17.7 Å². The van der Waals surface area contributed by atoms with Crippen LogP contribution in [-0.2, 0) is 6.54 Å². The van der Waals surface area contributed by atoms with Crippen molar-refractivity contribution >= 4 is 0 Å². The van der Waals surface area contributed by atoms with Crippen LogP contribution in [0, 0.1) is 0 Å². The zero-order valence-corrected chi connectivity index (χ0v) is 11.3. The number of para-hydroxylation sites is 1. The van der Waals surface area contributed by atoms with Gasteiger partial charge in [-0.2, -0.15) is 5.10 Å². The summed E-state index contributed by atoms with van der Waals surface area (Å²) < 4.78 is 5.90. The van der Waals surface area contributed by atoms with E-state index < -0.39 is 0 Å². The van der Waals surface area contributed by atoms with Gasteiger partial charge in [-0.15, -0.1) is 5.10 Å². The third-order valence-corrected chi connectivity index (χ3v) is 3.25. The quantitative estimate of drug-likeness (QED) is 0.893. The number of aromatic nitrogens is 2. The van der Waals surface area contributed by atoms with Gasteiger partial charge in [-0.05, 0) is 30.0 Å². The summed E-state index contributed by atoms with van der Waals surface area (Å²) in [6, 6.07) is 9.85. The summed E-state index contributed by atoms with van der Waals surface area (Å²) in [5.74, 6) is 1.75. The second-order valence-electron chi connectivity index (χ2n) is 4.51. The molecule has 1 atom stereocenters. The van der Waals surface area contributed by atoms with E-state index in [2.05, 4.69) is 30.1 Å². The molecule has 2 N–H and O–H groups in total. The van der Waals surface area contributed by atoms with Crippen molar-refractivity contribution in [1.29, 1.82) is 0 Å². The topological polar surface area (TPSA) is 61.0 Å². The maximum Gasteiger partial charge on any atom is 0.243 e. The minimum absolute atomic E-state index is 0.385. The first-order valence-electron chi connectivity index (χ1n) is 6.53. The largest absolute Gasteiger partial charge is 0.437 e. The third kappa shape index (κ3) is 3.09. The Bertz CT molecular complexity index is 542. The molecule has 0 aliphatic heterocycles. The molecule has 0 saturated heterocycles. The number of rotatable bonds is 5. The third-order valence-electron chi connectivity index (χ3n) is 3.25. The molecule has 0 bridgehead atoms. The minimum Gasteiger partial charge on any atom is -0.437 e. The Kier molecular flexibility index (Phi) is 4.47. The van der Waals surface area contributed by atoms with Gasteiger partial charge in [0.2, 0.25) is 5.88 Å². The summed E-state index contributed by atoms with van der Waals surface area (Å²) in [6.45, 7) is 4.73. The summed E-state index contributed by atoms with van der Waals surface area (Å²) in [5.41, 5.74) is 7.72. The molecule has 0 fully saturated rings. The summed E-state index contributed by atoms with van der Waals surface area (Å²) in [4.78, 5) is 0. The Morgan fingerprint density at radius 1 is 1.26 bits per heavy atom. The number of ether oxygens (including phenoxy) is 1. The molecule has 2 rings (SSSR count). The monoisotopic (exact) mass is 257 g/mol. The first-order chi connectivity index (χ1) is 9.26. The standard InChI is InChI=1S/C15H19N3O/c1-3-11(2)13-6-4-5-7-14(13)19-15-12(10-16)8-9-17-18-15/h4-9,11H,3,10,16H2,1-2H3. The SMILES string of the molecule is CCC(C)c1ccccc1Oc1nnccc1CN. The normalized spacial score (nSPS) is 12.2. The van der Waals surface area contributed by atoms with E-state index in [4.69, 9.17) is 10.5 Å². The number of nitrogens with two attached hydrogens (primary N) is 1. The lowest BCUT2D eigenvalue weighted by Gasteiger charge is -2.15. The highest BCUT2D eigenvalue weighted by Gasteiger charge is 2.12. The molecule has 1 unspecified atom stereocenters. The fourth-order valence-corrected chi connectivity index (χ4v) is 1.89. The molecule has 1 aromatic heterocycles. The van der Waals surface area contributed by atoms with Gasteiger partial charge in [0.05, 0.1) is 6.20 Å². The lowest BCUT2D eigenvalue weighted by atomic mass is 9.98. The van der Waals surface area contributed by atoms with Gasteiger partial charge >= 0.3 is 0 Å². The zero-order chi connectivity index (χ0) is 13.7. The Labute approximate surface area is 113 Å². The molecule has 19 heavy (non-hydrogen) atoms. The highest BCUT2D eigenvalue weighted by Crippen LogP contribution is 2.32. The van der Waals surface area contributed by atoms with E-state index in [9.17, 15) is 0 Å². The van der Waals surface area contributed by atoms with Gasteiger partial charge in [0, 0.05) is 12.1 Å². The molecule has 2 aromatic rings. The van der Waals surface area contributed by atoms with Gasteiger partial charge in [-0.3, -0.25) is 0 Å². The maximum atomic E-state index is 5.90. The van der Waals surface area contributed by atoms with Gasteiger partial charge in [0.1, 0.15) is 5.75 Å². The Morgan fingerprint density at radius 2 is 2.05 bits per heavy atom. The van der Waals surface area contributed by atoms with Crippen molar-refractivity contribution in [1.82, 2.24) is 10.2 Å². The molecule has 0 amide bonds. The molecule has 0 aliphatic carbocycles. The summed E-state index contributed by atoms with van der Waals surface area (Å²) in [5, 5.41) is 7.87. The Balaban J connectivity index is 2.33. The molecule has 4 nitrogen and oxygen atoms in total. The molecular weight excluding hydrogens is 238 g/mol. The van der Waals surface area contributed by atoms with Crippen LogP contribution in [0.5, 0.6) is 11.6 Å². The van der Waals surface area contributed by atoms with E-state index in [1.165, 1.54) is 5.56 Å². The van der Waals surface area contributed by atoms with Gasteiger partial charge in [0.15, 0.2) is 0 Å². The average Bonchev–Trinajstić information content (AvgIpc) is 2.47. The highest BCUT2D eigenvalue weighted by atomic mass is 16.5. The second kappa shape index (κ2) is 6.29. The van der Waals surface area contributed by atoms with E-state index in [-0.39, 0.29) is 0 Å². The molecule has 0 radical (unpaired) electrons. The molecule has 100 valence electrons. The zero-order valence-electron chi connectivity index (χ0n) is 11.3. The van der Waals surface area contributed by atoms with Crippen LogP contribution >= 0.6 is 0 Å². The molecule has 4 heteroatoms. The number of hydrogen-bond donors (Lipinski definition) is 1. The predicted octanol–water partition coefficient (Wildman–Crippen LogP) is 3.24. The average molecular weight is 257 g/mol. The van der Waals surface area contributed by atoms with Crippen LogP contribution in [-0.4, -0.2) is 10.2 Å². The maximum absolute atomic E-state index is 5.90. The van der Waals surface area contributed by atoms with E-state index in [1.54, 1.807) is 6.20 Å². The van der Waals surface area contributed by atoms with Crippen molar-refractivity contribution in [3.05, 3.63) is 47.7 Å². The minimum atomic E-state index is 0.385. The first kappa shape index (κ1) is 13.5. The van der Waals surface area contributed by atoms with Gasteiger partial charge in [-0.25, -0.2) is 0 Å². The highest BCUT2D eigenvalue weighted by molar-refractivity contribution is 5.39. The van der Waals surface area contributed by atoms with Crippen LogP contribution in [0.15, 0.2) is 36.5 Å². The van der Waals surface area contributed by atoms with Crippen LogP contribution in [0.1, 0.15) is 37.3 Å². The van der Waals surface area contributed by atoms with Crippen LogP contribution < -0.4 is 10.5 Å². The van der Waals surface area contributed by atoms with E-state index in [0.29, 0.717) is 18.3 Å². The Hall–Kier alpha value is -1.94. The van der Waals surface area contributed by atoms with Crippen molar-refractivity contribution < 1.29 is 4.74 Å². The second-order valence-corrected chi connectivity index (χ2v) is 4.51. The molecule has 1 aromatic carbocycles. The smallest absolute Gasteiger partial charge is 0.243 e. The number of nitrogens with zero attached hydrogens (tertiary/aromatic N) is 2. The number of benzene rings is 1. The first-order valence-corrected chi connectivity index (χ1v) is 6.53. The molecule has 0 saturated carbocycles. The molecule has 0 aliphatic rings. The summed E-state index contributed by atoms with van der Waals surface area (Å²) >= 11 is 0. The lowest BCUT2D eigenvalue weighted by molar-refractivity contribution is 0.439. The molecule has 1 heterocycles. The van der Waals surface area contributed by atoms with E-state index in [1.807, 2.05) is 24.3 Å². The van der Waals surface area contributed by atoms with Crippen molar-refractivity contribution in [2.24, 2.45) is 5.73 Å². The predicted molar refractivity (Wildman–Crippen MR) is 75.1 cm³/mol.